The lowest BCUT2D eigenvalue weighted by atomic mass is 10.1. The maximum absolute atomic E-state index is 12.9. The van der Waals surface area contributed by atoms with E-state index in [1.54, 1.807) is 0 Å². The molecule has 2 heterocycles. The number of halogens is 3. The Labute approximate surface area is 118 Å². The summed E-state index contributed by atoms with van der Waals surface area (Å²) in [5, 5.41) is 2.88. The Hall–Kier alpha value is -0.370. The van der Waals surface area contributed by atoms with E-state index in [0.29, 0.717) is 26.2 Å². The highest BCUT2D eigenvalue weighted by Crippen LogP contribution is 2.27. The SMILES string of the molecule is CCN1CCOC(CN2CCNCC(C(F)(F)F)C2)C1. The maximum Gasteiger partial charge on any atom is 0.394 e. The summed E-state index contributed by atoms with van der Waals surface area (Å²) in [4.78, 5) is 4.17. The van der Waals surface area contributed by atoms with E-state index in [0.717, 1.165) is 19.6 Å². The number of nitrogens with one attached hydrogen (secondary N) is 1. The van der Waals surface area contributed by atoms with Crippen LogP contribution in [0.4, 0.5) is 13.2 Å². The van der Waals surface area contributed by atoms with Gasteiger partial charge in [-0.1, -0.05) is 6.92 Å². The molecular formula is C13H24F3N3O. The third-order valence-electron chi connectivity index (χ3n) is 4.07. The number of alkyl halides is 3. The Balaban J connectivity index is 1.87. The second-order valence-corrected chi connectivity index (χ2v) is 5.59. The van der Waals surface area contributed by atoms with Gasteiger partial charge in [0.25, 0.3) is 0 Å². The predicted octanol–water partition coefficient (Wildman–Crippen LogP) is 0.791. The van der Waals surface area contributed by atoms with E-state index in [1.807, 2.05) is 4.90 Å². The Kier molecular flexibility index (Phi) is 5.65. The molecule has 2 aliphatic heterocycles. The van der Waals surface area contributed by atoms with Gasteiger partial charge in [-0.25, -0.2) is 0 Å². The molecule has 2 saturated heterocycles. The first kappa shape index (κ1) is 16.0. The van der Waals surface area contributed by atoms with Crippen LogP contribution in [0.1, 0.15) is 6.92 Å². The zero-order chi connectivity index (χ0) is 14.6. The highest BCUT2D eigenvalue weighted by Gasteiger charge is 2.41. The number of nitrogens with zero attached hydrogens (tertiary/aromatic N) is 2. The largest absolute Gasteiger partial charge is 0.394 e. The molecule has 0 amide bonds. The minimum atomic E-state index is -4.13. The van der Waals surface area contributed by atoms with Crippen molar-refractivity contribution >= 4 is 0 Å². The van der Waals surface area contributed by atoms with Crippen molar-refractivity contribution in [2.75, 3.05) is 59.0 Å². The van der Waals surface area contributed by atoms with Gasteiger partial charge in [-0.15, -0.1) is 0 Å². The van der Waals surface area contributed by atoms with Crippen LogP contribution in [0.25, 0.3) is 0 Å². The van der Waals surface area contributed by atoms with Crippen molar-refractivity contribution in [3.63, 3.8) is 0 Å². The molecule has 2 fully saturated rings. The zero-order valence-corrected chi connectivity index (χ0v) is 12.0. The highest BCUT2D eigenvalue weighted by molar-refractivity contribution is 4.82. The van der Waals surface area contributed by atoms with Gasteiger partial charge in [-0.3, -0.25) is 9.80 Å². The van der Waals surface area contributed by atoms with Gasteiger partial charge >= 0.3 is 6.18 Å². The Bertz CT molecular complexity index is 301. The second-order valence-electron chi connectivity index (χ2n) is 5.59. The van der Waals surface area contributed by atoms with Crippen LogP contribution in [0.15, 0.2) is 0 Å². The molecule has 0 bridgehead atoms. The lowest BCUT2D eigenvalue weighted by Crippen LogP contribution is -2.49. The summed E-state index contributed by atoms with van der Waals surface area (Å²) in [7, 11) is 0. The van der Waals surface area contributed by atoms with E-state index in [4.69, 9.17) is 4.74 Å². The van der Waals surface area contributed by atoms with Gasteiger partial charge in [0.2, 0.25) is 0 Å². The van der Waals surface area contributed by atoms with Gasteiger partial charge in [0.05, 0.1) is 18.6 Å². The summed E-state index contributed by atoms with van der Waals surface area (Å²) >= 11 is 0. The van der Waals surface area contributed by atoms with Crippen molar-refractivity contribution in [3.05, 3.63) is 0 Å². The normalized spacial score (nSPS) is 31.2. The summed E-state index contributed by atoms with van der Waals surface area (Å²) in [6.07, 6.45) is -4.10. The number of morpholine rings is 1. The molecule has 0 spiro atoms. The fourth-order valence-corrected chi connectivity index (χ4v) is 2.83. The van der Waals surface area contributed by atoms with Gasteiger partial charge in [-0.05, 0) is 6.54 Å². The lowest BCUT2D eigenvalue weighted by molar-refractivity contribution is -0.177. The minimum Gasteiger partial charge on any atom is -0.374 e. The summed E-state index contributed by atoms with van der Waals surface area (Å²) in [6, 6.07) is 0. The Morgan fingerprint density at radius 3 is 2.70 bits per heavy atom. The molecule has 2 rings (SSSR count). The monoisotopic (exact) mass is 295 g/mol. The lowest BCUT2D eigenvalue weighted by Gasteiger charge is -2.35. The quantitative estimate of drug-likeness (QED) is 0.833. The van der Waals surface area contributed by atoms with Crippen LogP contribution in [-0.4, -0.2) is 81.0 Å². The van der Waals surface area contributed by atoms with E-state index < -0.39 is 12.1 Å². The first-order valence-corrected chi connectivity index (χ1v) is 7.32. The van der Waals surface area contributed by atoms with Crippen molar-refractivity contribution in [2.45, 2.75) is 19.2 Å². The Morgan fingerprint density at radius 1 is 1.20 bits per heavy atom. The number of hydrogen-bond donors (Lipinski definition) is 1. The first-order valence-electron chi connectivity index (χ1n) is 7.32. The van der Waals surface area contributed by atoms with E-state index in [9.17, 15) is 13.2 Å². The molecule has 1 N–H and O–H groups in total. The third kappa shape index (κ3) is 4.58. The first-order chi connectivity index (χ1) is 9.49. The molecule has 0 saturated carbocycles. The Morgan fingerprint density at radius 2 is 2.00 bits per heavy atom. The van der Waals surface area contributed by atoms with Crippen LogP contribution in [-0.2, 0) is 4.74 Å². The molecule has 0 aliphatic carbocycles. The molecule has 0 aromatic rings. The molecule has 7 heteroatoms. The number of rotatable bonds is 3. The summed E-state index contributed by atoms with van der Waals surface area (Å²) in [6.45, 7) is 7.41. The fraction of sp³-hybridized carbons (Fsp3) is 1.00. The van der Waals surface area contributed by atoms with E-state index in [-0.39, 0.29) is 19.2 Å². The standard InChI is InChI=1S/C13H24F3N3O/c1-2-18-5-6-20-12(9-18)10-19-4-3-17-7-11(8-19)13(14,15)16/h11-12,17H,2-10H2,1H3. The highest BCUT2D eigenvalue weighted by atomic mass is 19.4. The molecule has 0 aromatic heterocycles. The number of likely N-dealkylation sites (N-methyl/N-ethyl adjacent to an activating group) is 1. The van der Waals surface area contributed by atoms with Crippen LogP contribution < -0.4 is 5.32 Å². The number of ether oxygens (including phenoxy) is 1. The van der Waals surface area contributed by atoms with Crippen LogP contribution >= 0.6 is 0 Å². The fourth-order valence-electron chi connectivity index (χ4n) is 2.83. The molecule has 118 valence electrons. The third-order valence-corrected chi connectivity index (χ3v) is 4.07. The van der Waals surface area contributed by atoms with Gasteiger partial charge < -0.3 is 10.1 Å². The van der Waals surface area contributed by atoms with Crippen molar-refractivity contribution in [1.82, 2.24) is 15.1 Å². The van der Waals surface area contributed by atoms with Crippen LogP contribution in [0.2, 0.25) is 0 Å². The average molecular weight is 295 g/mol. The maximum atomic E-state index is 12.9. The second kappa shape index (κ2) is 7.06. The van der Waals surface area contributed by atoms with Gasteiger partial charge in [0, 0.05) is 45.8 Å². The smallest absolute Gasteiger partial charge is 0.374 e. The predicted molar refractivity (Wildman–Crippen MR) is 70.7 cm³/mol. The molecule has 0 radical (unpaired) electrons. The van der Waals surface area contributed by atoms with Gasteiger partial charge in [0.15, 0.2) is 0 Å². The summed E-state index contributed by atoms with van der Waals surface area (Å²) < 4.78 is 44.3. The topological polar surface area (TPSA) is 27.7 Å². The molecule has 20 heavy (non-hydrogen) atoms. The van der Waals surface area contributed by atoms with Gasteiger partial charge in [-0.2, -0.15) is 13.2 Å². The number of hydrogen-bond acceptors (Lipinski definition) is 4. The molecule has 0 aromatic carbocycles. The van der Waals surface area contributed by atoms with Crippen molar-refractivity contribution in [2.24, 2.45) is 5.92 Å². The molecule has 2 aliphatic rings. The molecule has 2 atom stereocenters. The van der Waals surface area contributed by atoms with E-state index in [2.05, 4.69) is 17.1 Å². The van der Waals surface area contributed by atoms with Crippen molar-refractivity contribution in [3.8, 4) is 0 Å². The van der Waals surface area contributed by atoms with Crippen molar-refractivity contribution in [1.29, 1.82) is 0 Å². The summed E-state index contributed by atoms with van der Waals surface area (Å²) in [5.41, 5.74) is 0. The van der Waals surface area contributed by atoms with E-state index >= 15 is 0 Å². The minimum absolute atomic E-state index is 0.0204. The van der Waals surface area contributed by atoms with Crippen LogP contribution in [0.3, 0.4) is 0 Å². The zero-order valence-electron chi connectivity index (χ0n) is 12.0. The molecule has 2 unspecified atom stereocenters. The molecule has 4 nitrogen and oxygen atoms in total. The van der Waals surface area contributed by atoms with E-state index in [1.165, 1.54) is 0 Å². The van der Waals surface area contributed by atoms with Crippen LogP contribution in [0, 0.1) is 5.92 Å². The average Bonchev–Trinajstić information content (AvgIpc) is 2.64. The van der Waals surface area contributed by atoms with Gasteiger partial charge in [0.1, 0.15) is 0 Å². The molecular weight excluding hydrogens is 271 g/mol. The van der Waals surface area contributed by atoms with Crippen LogP contribution in [0.5, 0.6) is 0 Å². The van der Waals surface area contributed by atoms with Crippen molar-refractivity contribution < 1.29 is 17.9 Å². The summed E-state index contributed by atoms with van der Waals surface area (Å²) in [5.74, 6) is -1.28.